The van der Waals surface area contributed by atoms with Gasteiger partial charge in [-0.25, -0.2) is 0 Å². The SMILES string of the molecule is CCCC1(NC(=O)[C@H](c2ccccc2C)N(C)C)CC1. The van der Waals surface area contributed by atoms with Gasteiger partial charge in [0.1, 0.15) is 6.04 Å². The smallest absolute Gasteiger partial charge is 0.242 e. The van der Waals surface area contributed by atoms with Crippen molar-refractivity contribution in [2.75, 3.05) is 14.1 Å². The molecule has 1 saturated carbocycles. The van der Waals surface area contributed by atoms with Crippen molar-refractivity contribution in [3.63, 3.8) is 0 Å². The van der Waals surface area contributed by atoms with E-state index in [1.54, 1.807) is 0 Å². The molecule has 1 aliphatic rings. The monoisotopic (exact) mass is 274 g/mol. The summed E-state index contributed by atoms with van der Waals surface area (Å²) in [5, 5.41) is 3.29. The first-order valence-corrected chi connectivity index (χ1v) is 7.53. The third kappa shape index (κ3) is 3.21. The molecule has 1 amide bonds. The molecule has 3 nitrogen and oxygen atoms in total. The first-order chi connectivity index (χ1) is 9.49. The van der Waals surface area contributed by atoms with Gasteiger partial charge in [0, 0.05) is 5.54 Å². The maximum absolute atomic E-state index is 12.7. The van der Waals surface area contributed by atoms with Crippen molar-refractivity contribution in [2.45, 2.75) is 51.1 Å². The van der Waals surface area contributed by atoms with Crippen LogP contribution in [0.25, 0.3) is 0 Å². The fourth-order valence-electron chi connectivity index (χ4n) is 2.94. The Bertz CT molecular complexity index is 478. The van der Waals surface area contributed by atoms with Gasteiger partial charge in [-0.05, 0) is 51.4 Å². The zero-order valence-corrected chi connectivity index (χ0v) is 13.1. The van der Waals surface area contributed by atoms with Crippen LogP contribution in [0.1, 0.15) is 49.8 Å². The second-order valence-corrected chi connectivity index (χ2v) is 6.24. The van der Waals surface area contributed by atoms with Crippen LogP contribution in [0.15, 0.2) is 24.3 Å². The average molecular weight is 274 g/mol. The summed E-state index contributed by atoms with van der Waals surface area (Å²) in [6, 6.07) is 7.94. The van der Waals surface area contributed by atoms with Crippen molar-refractivity contribution in [2.24, 2.45) is 0 Å². The van der Waals surface area contributed by atoms with Gasteiger partial charge in [-0.3, -0.25) is 9.69 Å². The molecule has 0 bridgehead atoms. The van der Waals surface area contributed by atoms with Crippen LogP contribution in [0.3, 0.4) is 0 Å². The Balaban J connectivity index is 2.17. The number of carbonyl (C=O) groups is 1. The zero-order chi connectivity index (χ0) is 14.8. The number of likely N-dealkylation sites (N-methyl/N-ethyl adjacent to an activating group) is 1. The van der Waals surface area contributed by atoms with Crippen molar-refractivity contribution in [1.29, 1.82) is 0 Å². The van der Waals surface area contributed by atoms with Gasteiger partial charge < -0.3 is 5.32 Å². The van der Waals surface area contributed by atoms with Gasteiger partial charge in [-0.1, -0.05) is 37.6 Å². The number of rotatable bonds is 6. The molecule has 0 radical (unpaired) electrons. The van der Waals surface area contributed by atoms with Gasteiger partial charge in [0.05, 0.1) is 0 Å². The highest BCUT2D eigenvalue weighted by Gasteiger charge is 2.44. The van der Waals surface area contributed by atoms with E-state index in [2.05, 4.69) is 31.3 Å². The molecule has 0 heterocycles. The van der Waals surface area contributed by atoms with Gasteiger partial charge >= 0.3 is 0 Å². The van der Waals surface area contributed by atoms with Crippen molar-refractivity contribution in [3.8, 4) is 0 Å². The summed E-state index contributed by atoms with van der Waals surface area (Å²) in [6.07, 6.45) is 4.46. The van der Waals surface area contributed by atoms with Crippen LogP contribution in [0.4, 0.5) is 0 Å². The first-order valence-electron chi connectivity index (χ1n) is 7.53. The van der Waals surface area contributed by atoms with Crippen LogP contribution in [0, 0.1) is 6.92 Å². The van der Waals surface area contributed by atoms with E-state index >= 15 is 0 Å². The van der Waals surface area contributed by atoms with E-state index in [0.717, 1.165) is 31.2 Å². The molecule has 20 heavy (non-hydrogen) atoms. The minimum atomic E-state index is -0.203. The number of carbonyl (C=O) groups excluding carboxylic acids is 1. The number of benzene rings is 1. The lowest BCUT2D eigenvalue weighted by Gasteiger charge is -2.28. The first kappa shape index (κ1) is 15.0. The van der Waals surface area contributed by atoms with Crippen LogP contribution in [0.5, 0.6) is 0 Å². The number of hydrogen-bond donors (Lipinski definition) is 1. The predicted molar refractivity (Wildman–Crippen MR) is 82.6 cm³/mol. The molecule has 0 unspecified atom stereocenters. The Labute approximate surface area is 122 Å². The van der Waals surface area contributed by atoms with Crippen LogP contribution in [0.2, 0.25) is 0 Å². The van der Waals surface area contributed by atoms with Gasteiger partial charge in [-0.2, -0.15) is 0 Å². The maximum Gasteiger partial charge on any atom is 0.242 e. The third-order valence-corrected chi connectivity index (χ3v) is 4.22. The molecule has 1 atom stereocenters. The van der Waals surface area contributed by atoms with E-state index in [-0.39, 0.29) is 17.5 Å². The normalized spacial score (nSPS) is 17.9. The maximum atomic E-state index is 12.7. The summed E-state index contributed by atoms with van der Waals surface area (Å²) in [4.78, 5) is 14.7. The lowest BCUT2D eigenvalue weighted by molar-refractivity contribution is -0.126. The summed E-state index contributed by atoms with van der Waals surface area (Å²) >= 11 is 0. The molecular weight excluding hydrogens is 248 g/mol. The van der Waals surface area contributed by atoms with Gasteiger partial charge in [-0.15, -0.1) is 0 Å². The molecule has 1 aromatic carbocycles. The summed E-state index contributed by atoms with van der Waals surface area (Å²) in [5.74, 6) is 0.134. The second kappa shape index (κ2) is 5.96. The Kier molecular flexibility index (Phi) is 4.48. The number of amides is 1. The summed E-state index contributed by atoms with van der Waals surface area (Å²) in [5.41, 5.74) is 2.35. The lowest BCUT2D eigenvalue weighted by Crippen LogP contribution is -2.44. The molecule has 3 heteroatoms. The molecule has 0 aliphatic heterocycles. The van der Waals surface area contributed by atoms with Crippen LogP contribution in [-0.4, -0.2) is 30.4 Å². The van der Waals surface area contributed by atoms with E-state index in [1.807, 2.05) is 31.1 Å². The summed E-state index contributed by atoms with van der Waals surface area (Å²) in [7, 11) is 3.94. The summed E-state index contributed by atoms with van der Waals surface area (Å²) < 4.78 is 0. The number of aryl methyl sites for hydroxylation is 1. The van der Waals surface area contributed by atoms with Crippen molar-refractivity contribution >= 4 is 5.91 Å². The van der Waals surface area contributed by atoms with Crippen molar-refractivity contribution < 1.29 is 4.79 Å². The quantitative estimate of drug-likeness (QED) is 0.864. The van der Waals surface area contributed by atoms with Gasteiger partial charge in [0.2, 0.25) is 5.91 Å². The standard InChI is InChI=1S/C17H26N2O/c1-5-10-17(11-12-17)18-16(20)15(19(3)4)14-9-7-6-8-13(14)2/h6-9,15H,5,10-12H2,1-4H3,(H,18,20)/t15-/m0/s1. The molecule has 1 N–H and O–H groups in total. The van der Waals surface area contributed by atoms with E-state index < -0.39 is 0 Å². The number of hydrogen-bond acceptors (Lipinski definition) is 2. The number of nitrogens with one attached hydrogen (secondary N) is 1. The lowest BCUT2D eigenvalue weighted by atomic mass is 9.99. The van der Waals surface area contributed by atoms with Crippen molar-refractivity contribution in [1.82, 2.24) is 10.2 Å². The molecule has 2 rings (SSSR count). The fourth-order valence-corrected chi connectivity index (χ4v) is 2.94. The van der Waals surface area contributed by atoms with Crippen LogP contribution >= 0.6 is 0 Å². The van der Waals surface area contributed by atoms with Crippen LogP contribution < -0.4 is 5.32 Å². The molecule has 0 aromatic heterocycles. The Morgan fingerprint density at radius 3 is 2.50 bits per heavy atom. The highest BCUT2D eigenvalue weighted by Crippen LogP contribution is 2.40. The third-order valence-electron chi connectivity index (χ3n) is 4.22. The van der Waals surface area contributed by atoms with E-state index in [9.17, 15) is 4.79 Å². The Morgan fingerprint density at radius 1 is 1.35 bits per heavy atom. The van der Waals surface area contributed by atoms with Gasteiger partial charge in [0.25, 0.3) is 0 Å². The predicted octanol–water partition coefficient (Wildman–Crippen LogP) is 3.05. The number of nitrogens with zero attached hydrogens (tertiary/aromatic N) is 1. The molecule has 0 saturated heterocycles. The molecule has 0 spiro atoms. The fraction of sp³-hybridized carbons (Fsp3) is 0.588. The molecule has 1 aromatic rings. The minimum Gasteiger partial charge on any atom is -0.349 e. The highest BCUT2D eigenvalue weighted by atomic mass is 16.2. The molecule has 1 fully saturated rings. The van der Waals surface area contributed by atoms with Crippen LogP contribution in [-0.2, 0) is 4.79 Å². The Hall–Kier alpha value is -1.35. The van der Waals surface area contributed by atoms with E-state index in [1.165, 1.54) is 5.56 Å². The topological polar surface area (TPSA) is 32.3 Å². The largest absolute Gasteiger partial charge is 0.349 e. The summed E-state index contributed by atoms with van der Waals surface area (Å²) in [6.45, 7) is 4.25. The zero-order valence-electron chi connectivity index (χ0n) is 13.1. The Morgan fingerprint density at radius 2 is 2.00 bits per heavy atom. The second-order valence-electron chi connectivity index (χ2n) is 6.24. The van der Waals surface area contributed by atoms with Crippen molar-refractivity contribution in [3.05, 3.63) is 35.4 Å². The minimum absolute atomic E-state index is 0.0861. The highest BCUT2D eigenvalue weighted by molar-refractivity contribution is 5.84. The molecule has 110 valence electrons. The van der Waals surface area contributed by atoms with E-state index in [4.69, 9.17) is 0 Å². The van der Waals surface area contributed by atoms with Gasteiger partial charge in [0.15, 0.2) is 0 Å². The molecule has 1 aliphatic carbocycles. The molecular formula is C17H26N2O. The average Bonchev–Trinajstić information content (AvgIpc) is 3.11. The van der Waals surface area contributed by atoms with E-state index in [0.29, 0.717) is 0 Å².